The molecule has 0 aliphatic rings. The van der Waals surface area contributed by atoms with Crippen LogP contribution in [0.1, 0.15) is 49.3 Å². The first kappa shape index (κ1) is 27.5. The number of aromatic nitrogens is 1. The third kappa shape index (κ3) is 7.47. The molecule has 1 aromatic heterocycles. The lowest BCUT2D eigenvalue weighted by Gasteiger charge is -2.22. The van der Waals surface area contributed by atoms with Gasteiger partial charge in [0.25, 0.3) is 0 Å². The zero-order chi connectivity index (χ0) is 26.9. The molecule has 0 bridgehead atoms. The zero-order valence-electron chi connectivity index (χ0n) is 21.0. The van der Waals surface area contributed by atoms with Crippen molar-refractivity contribution >= 4 is 17.8 Å². The number of hydrogen-bond donors (Lipinski definition) is 2. The monoisotopic (exact) mass is 507 g/mol. The van der Waals surface area contributed by atoms with E-state index in [-0.39, 0.29) is 24.8 Å². The van der Waals surface area contributed by atoms with Crippen molar-refractivity contribution in [3.05, 3.63) is 83.4 Å². The van der Waals surface area contributed by atoms with Crippen molar-refractivity contribution in [2.75, 3.05) is 7.11 Å². The maximum atomic E-state index is 13.8. The summed E-state index contributed by atoms with van der Waals surface area (Å²) < 4.78 is 25.8. The van der Waals surface area contributed by atoms with E-state index in [1.165, 1.54) is 18.2 Å². The highest BCUT2D eigenvalue weighted by atomic mass is 19.1. The molecule has 0 amide bonds. The average molecular weight is 508 g/mol. The van der Waals surface area contributed by atoms with Crippen molar-refractivity contribution in [3.8, 4) is 22.6 Å². The SMILES string of the molecule is COc1cc(C(C)C)c(/C=C/C(O)CC(=O)CC(=O)O)c(-c2ccc(F)cc2)c1OCc1ccncc1. The van der Waals surface area contributed by atoms with Gasteiger partial charge < -0.3 is 19.7 Å². The number of methoxy groups -OCH3 is 1. The number of carboxylic acid groups (broad SMARTS) is 1. The number of hydrogen-bond acceptors (Lipinski definition) is 6. The highest BCUT2D eigenvalue weighted by molar-refractivity contribution is 5.95. The molecule has 1 heterocycles. The molecule has 0 radical (unpaired) electrons. The van der Waals surface area contributed by atoms with Crippen LogP contribution in [0.15, 0.2) is 60.9 Å². The smallest absolute Gasteiger partial charge is 0.310 e. The van der Waals surface area contributed by atoms with E-state index in [0.717, 1.165) is 11.1 Å². The number of carbonyl (C=O) groups excluding carboxylic acids is 1. The number of halogens is 1. The first-order valence-corrected chi connectivity index (χ1v) is 11.8. The van der Waals surface area contributed by atoms with Gasteiger partial charge in [-0.05, 0) is 58.5 Å². The predicted molar refractivity (Wildman–Crippen MR) is 138 cm³/mol. The number of rotatable bonds is 12. The summed E-state index contributed by atoms with van der Waals surface area (Å²) in [4.78, 5) is 26.7. The summed E-state index contributed by atoms with van der Waals surface area (Å²) in [5, 5.41) is 19.3. The summed E-state index contributed by atoms with van der Waals surface area (Å²) in [6, 6.07) is 11.5. The van der Waals surface area contributed by atoms with E-state index in [9.17, 15) is 19.1 Å². The van der Waals surface area contributed by atoms with Gasteiger partial charge in [0, 0.05) is 24.4 Å². The molecule has 0 saturated heterocycles. The van der Waals surface area contributed by atoms with E-state index in [1.807, 2.05) is 32.0 Å². The lowest BCUT2D eigenvalue weighted by molar-refractivity contribution is -0.140. The Hall–Kier alpha value is -4.04. The number of carboxylic acids is 1. The van der Waals surface area contributed by atoms with Crippen LogP contribution in [0.4, 0.5) is 4.39 Å². The van der Waals surface area contributed by atoms with Crippen LogP contribution < -0.4 is 9.47 Å². The van der Waals surface area contributed by atoms with Crippen LogP contribution in [-0.2, 0) is 16.2 Å². The molecule has 0 spiro atoms. The van der Waals surface area contributed by atoms with Crippen LogP contribution in [0.2, 0.25) is 0 Å². The number of ketones is 1. The van der Waals surface area contributed by atoms with Crippen LogP contribution in [0.3, 0.4) is 0 Å². The minimum absolute atomic E-state index is 0.0350. The molecule has 3 rings (SSSR count). The van der Waals surface area contributed by atoms with Gasteiger partial charge in [0.05, 0.1) is 13.2 Å². The molecule has 3 aromatic rings. The Labute approximate surface area is 215 Å². The summed E-state index contributed by atoms with van der Waals surface area (Å²) >= 11 is 0. The largest absolute Gasteiger partial charge is 0.493 e. The van der Waals surface area contributed by atoms with E-state index in [1.54, 1.807) is 37.7 Å². The van der Waals surface area contributed by atoms with E-state index >= 15 is 0 Å². The lowest BCUT2D eigenvalue weighted by Crippen LogP contribution is -2.14. The standard InChI is InChI=1S/C29H30FNO6/c1-18(2)25-16-26(36-3)29(37-17-19-10-12-31-13-11-19)28(20-4-6-21(30)7-5-20)24(25)9-8-22(32)14-23(33)15-27(34)35/h4-13,16,18,22,32H,14-15,17H2,1-3H3,(H,34,35)/b9-8+. The van der Waals surface area contributed by atoms with E-state index in [4.69, 9.17) is 14.6 Å². The Morgan fingerprint density at radius 2 is 1.78 bits per heavy atom. The van der Waals surface area contributed by atoms with Crippen molar-refractivity contribution in [2.45, 2.75) is 45.3 Å². The molecule has 8 heteroatoms. The van der Waals surface area contributed by atoms with Gasteiger partial charge in [-0.1, -0.05) is 38.1 Å². The molecule has 1 atom stereocenters. The fourth-order valence-electron chi connectivity index (χ4n) is 3.91. The fraction of sp³-hybridized carbons (Fsp3) is 0.276. The van der Waals surface area contributed by atoms with Crippen LogP contribution in [0.5, 0.6) is 11.5 Å². The molecule has 2 N–H and O–H groups in total. The highest BCUT2D eigenvalue weighted by Gasteiger charge is 2.22. The molecule has 0 fully saturated rings. The Bertz CT molecular complexity index is 1260. The number of ether oxygens (including phenoxy) is 2. The van der Waals surface area contributed by atoms with Crippen molar-refractivity contribution < 1.29 is 33.7 Å². The lowest BCUT2D eigenvalue weighted by atomic mass is 9.88. The van der Waals surface area contributed by atoms with Gasteiger partial charge >= 0.3 is 5.97 Å². The quantitative estimate of drug-likeness (QED) is 0.316. The Balaban J connectivity index is 2.14. The van der Waals surface area contributed by atoms with Crippen LogP contribution in [-0.4, -0.2) is 40.2 Å². The molecule has 194 valence electrons. The van der Waals surface area contributed by atoms with Crippen molar-refractivity contribution in [2.24, 2.45) is 0 Å². The Kier molecular flexibility index (Phi) is 9.51. The van der Waals surface area contributed by atoms with Crippen molar-refractivity contribution in [1.29, 1.82) is 0 Å². The number of carbonyl (C=O) groups is 2. The fourth-order valence-corrected chi connectivity index (χ4v) is 3.91. The van der Waals surface area contributed by atoms with Crippen LogP contribution in [0, 0.1) is 5.82 Å². The van der Waals surface area contributed by atoms with Gasteiger partial charge in [0.15, 0.2) is 11.5 Å². The predicted octanol–water partition coefficient (Wildman–Crippen LogP) is 5.41. The summed E-state index contributed by atoms with van der Waals surface area (Å²) in [6.45, 7) is 4.24. The van der Waals surface area contributed by atoms with E-state index in [2.05, 4.69) is 4.98 Å². The maximum absolute atomic E-state index is 13.8. The third-order valence-electron chi connectivity index (χ3n) is 5.70. The van der Waals surface area contributed by atoms with Gasteiger partial charge in [-0.25, -0.2) is 4.39 Å². The number of aliphatic carboxylic acids is 1. The maximum Gasteiger partial charge on any atom is 0.310 e. The summed E-state index contributed by atoms with van der Waals surface area (Å²) in [5.74, 6) is -1.25. The zero-order valence-corrected chi connectivity index (χ0v) is 21.0. The highest BCUT2D eigenvalue weighted by Crippen LogP contribution is 2.45. The van der Waals surface area contributed by atoms with Gasteiger partial charge in [0.2, 0.25) is 0 Å². The number of aliphatic hydroxyl groups is 1. The first-order chi connectivity index (χ1) is 17.7. The molecular formula is C29H30FNO6. The van der Waals surface area contributed by atoms with E-state index < -0.39 is 24.3 Å². The minimum atomic E-state index is -1.24. The third-order valence-corrected chi connectivity index (χ3v) is 5.70. The summed E-state index contributed by atoms with van der Waals surface area (Å²) in [5.41, 5.74) is 3.78. The van der Waals surface area contributed by atoms with Gasteiger partial charge in [0.1, 0.15) is 24.6 Å². The van der Waals surface area contributed by atoms with Crippen molar-refractivity contribution in [1.82, 2.24) is 4.98 Å². The number of Topliss-reactive ketones (excluding diaryl/α,β-unsaturated/α-hetero) is 1. The molecule has 0 saturated carbocycles. The minimum Gasteiger partial charge on any atom is -0.493 e. The molecule has 37 heavy (non-hydrogen) atoms. The second-order valence-corrected chi connectivity index (χ2v) is 8.83. The molecule has 0 aliphatic carbocycles. The molecular weight excluding hydrogens is 477 g/mol. The van der Waals surface area contributed by atoms with E-state index in [0.29, 0.717) is 28.2 Å². The van der Waals surface area contributed by atoms with Gasteiger partial charge in [-0.15, -0.1) is 0 Å². The Morgan fingerprint density at radius 1 is 1.11 bits per heavy atom. The van der Waals surface area contributed by atoms with Crippen LogP contribution >= 0.6 is 0 Å². The second kappa shape index (κ2) is 12.8. The number of nitrogens with zero attached hydrogens (tertiary/aromatic N) is 1. The molecule has 2 aromatic carbocycles. The first-order valence-electron chi connectivity index (χ1n) is 11.8. The van der Waals surface area contributed by atoms with Gasteiger partial charge in [-0.2, -0.15) is 0 Å². The second-order valence-electron chi connectivity index (χ2n) is 8.83. The summed E-state index contributed by atoms with van der Waals surface area (Å²) in [6.07, 6.45) is 4.31. The number of aliphatic hydroxyl groups excluding tert-OH is 1. The van der Waals surface area contributed by atoms with Crippen molar-refractivity contribution in [3.63, 3.8) is 0 Å². The molecule has 1 unspecified atom stereocenters. The average Bonchev–Trinajstić information content (AvgIpc) is 2.86. The Morgan fingerprint density at radius 3 is 2.38 bits per heavy atom. The number of benzene rings is 2. The molecule has 0 aliphatic heterocycles. The molecule has 7 nitrogen and oxygen atoms in total. The van der Waals surface area contributed by atoms with Crippen LogP contribution in [0.25, 0.3) is 17.2 Å². The van der Waals surface area contributed by atoms with Gasteiger partial charge in [-0.3, -0.25) is 14.6 Å². The number of pyridine rings is 1. The normalized spacial score (nSPS) is 12.1. The summed E-state index contributed by atoms with van der Waals surface area (Å²) in [7, 11) is 1.54. The topological polar surface area (TPSA) is 106 Å².